The van der Waals surface area contributed by atoms with Gasteiger partial charge in [-0.1, -0.05) is 53.0 Å². The van der Waals surface area contributed by atoms with E-state index in [9.17, 15) is 13.2 Å². The lowest BCUT2D eigenvalue weighted by atomic mass is 10.1. The van der Waals surface area contributed by atoms with Crippen LogP contribution in [0.4, 0.5) is 5.69 Å². The van der Waals surface area contributed by atoms with Crippen LogP contribution >= 0.6 is 23.2 Å². The average molecular weight is 521 g/mol. The first-order valence-electron chi connectivity index (χ1n) is 10.5. The maximum absolute atomic E-state index is 12.5. The number of carbonyl (C=O) groups excluding carboxylic acids is 1. The smallest absolute Gasteiger partial charge is 0.251 e. The van der Waals surface area contributed by atoms with E-state index in [1.165, 1.54) is 10.4 Å². The number of nitrogens with one attached hydrogen (secondary N) is 1. The molecule has 0 aliphatic heterocycles. The minimum absolute atomic E-state index is 0.0613. The fourth-order valence-electron chi connectivity index (χ4n) is 3.38. The normalized spacial score (nSPS) is 11.2. The maximum atomic E-state index is 12.5. The van der Waals surface area contributed by atoms with E-state index >= 15 is 0 Å². The Morgan fingerprint density at radius 3 is 2.32 bits per heavy atom. The molecule has 0 saturated heterocycles. The van der Waals surface area contributed by atoms with Gasteiger partial charge in [0.25, 0.3) is 5.91 Å². The number of rotatable bonds is 9. The summed E-state index contributed by atoms with van der Waals surface area (Å²) >= 11 is 12.2. The Labute approximate surface area is 210 Å². The minimum atomic E-state index is -3.61. The van der Waals surface area contributed by atoms with Crippen molar-refractivity contribution in [3.63, 3.8) is 0 Å². The Balaban J connectivity index is 1.60. The maximum Gasteiger partial charge on any atom is 0.251 e. The van der Waals surface area contributed by atoms with Crippen LogP contribution in [0.1, 0.15) is 27.0 Å². The fourth-order valence-corrected chi connectivity index (χ4v) is 4.84. The SMILES string of the molecule is Cc1ccc(OCCNC(=O)c2ccc(CN(c3ccc(Cl)cc3Cl)S(C)(=O)=O)cc2)c(C)c1. The molecule has 0 aromatic heterocycles. The molecule has 0 spiro atoms. The molecule has 0 unspecified atom stereocenters. The van der Waals surface area contributed by atoms with Crippen LogP contribution < -0.4 is 14.4 Å². The van der Waals surface area contributed by atoms with E-state index in [1.54, 1.807) is 36.4 Å². The molecule has 1 N–H and O–H groups in total. The molecular weight excluding hydrogens is 495 g/mol. The van der Waals surface area contributed by atoms with Crippen molar-refractivity contribution in [1.82, 2.24) is 5.32 Å². The van der Waals surface area contributed by atoms with Gasteiger partial charge in [-0.05, 0) is 61.4 Å². The van der Waals surface area contributed by atoms with Crippen molar-refractivity contribution in [2.45, 2.75) is 20.4 Å². The first-order valence-corrected chi connectivity index (χ1v) is 13.1. The van der Waals surface area contributed by atoms with Gasteiger partial charge in [-0.15, -0.1) is 0 Å². The Hall–Kier alpha value is -2.74. The van der Waals surface area contributed by atoms with Gasteiger partial charge in [0.1, 0.15) is 12.4 Å². The highest BCUT2D eigenvalue weighted by Crippen LogP contribution is 2.31. The molecule has 0 atom stereocenters. The molecule has 0 fully saturated rings. The van der Waals surface area contributed by atoms with Gasteiger partial charge in [-0.25, -0.2) is 8.42 Å². The predicted octanol–water partition coefficient (Wildman–Crippen LogP) is 5.39. The lowest BCUT2D eigenvalue weighted by Crippen LogP contribution is -2.30. The molecule has 0 bridgehead atoms. The third-order valence-corrected chi connectivity index (χ3v) is 6.76. The molecule has 3 aromatic carbocycles. The quantitative estimate of drug-likeness (QED) is 0.384. The summed E-state index contributed by atoms with van der Waals surface area (Å²) in [6.07, 6.45) is 1.11. The van der Waals surface area contributed by atoms with Crippen molar-refractivity contribution in [2.75, 3.05) is 23.7 Å². The number of amides is 1. The number of halogens is 2. The number of hydrogen-bond acceptors (Lipinski definition) is 4. The number of carbonyl (C=O) groups is 1. The first-order chi connectivity index (χ1) is 16.0. The third-order valence-electron chi connectivity index (χ3n) is 5.10. The van der Waals surface area contributed by atoms with E-state index < -0.39 is 10.0 Å². The monoisotopic (exact) mass is 520 g/mol. The lowest BCUT2D eigenvalue weighted by Gasteiger charge is -2.23. The lowest BCUT2D eigenvalue weighted by molar-refractivity contribution is 0.0947. The van der Waals surface area contributed by atoms with E-state index in [0.717, 1.165) is 23.1 Å². The van der Waals surface area contributed by atoms with Crippen LogP contribution in [0.5, 0.6) is 5.75 Å². The van der Waals surface area contributed by atoms with E-state index in [0.29, 0.717) is 35.0 Å². The summed E-state index contributed by atoms with van der Waals surface area (Å²) < 4.78 is 31.7. The zero-order valence-corrected chi connectivity index (χ0v) is 21.5. The molecule has 3 rings (SSSR count). The fraction of sp³-hybridized carbons (Fsp3) is 0.240. The first kappa shape index (κ1) is 25.9. The van der Waals surface area contributed by atoms with Gasteiger partial charge >= 0.3 is 0 Å². The summed E-state index contributed by atoms with van der Waals surface area (Å²) in [5.41, 5.74) is 3.71. The number of nitrogens with zero attached hydrogens (tertiary/aromatic N) is 1. The van der Waals surface area contributed by atoms with Crippen molar-refractivity contribution in [1.29, 1.82) is 0 Å². The van der Waals surface area contributed by atoms with Crippen LogP contribution in [0.3, 0.4) is 0 Å². The Kier molecular flexibility index (Phi) is 8.47. The average Bonchev–Trinajstić information content (AvgIpc) is 2.76. The van der Waals surface area contributed by atoms with Crippen molar-refractivity contribution in [2.24, 2.45) is 0 Å². The molecule has 9 heteroatoms. The number of anilines is 1. The minimum Gasteiger partial charge on any atom is -0.491 e. The Morgan fingerprint density at radius 1 is 1.00 bits per heavy atom. The highest BCUT2D eigenvalue weighted by molar-refractivity contribution is 7.92. The predicted molar refractivity (Wildman–Crippen MR) is 138 cm³/mol. The summed E-state index contributed by atoms with van der Waals surface area (Å²) in [5, 5.41) is 3.47. The van der Waals surface area contributed by atoms with Crippen LogP contribution in [0.25, 0.3) is 0 Å². The molecule has 180 valence electrons. The second-order valence-electron chi connectivity index (χ2n) is 7.94. The van der Waals surface area contributed by atoms with E-state index in [4.69, 9.17) is 27.9 Å². The third kappa shape index (κ3) is 6.88. The molecule has 0 heterocycles. The highest BCUT2D eigenvalue weighted by Gasteiger charge is 2.21. The highest BCUT2D eigenvalue weighted by atomic mass is 35.5. The number of hydrogen-bond donors (Lipinski definition) is 1. The number of aryl methyl sites for hydroxylation is 2. The summed E-state index contributed by atoms with van der Waals surface area (Å²) in [6.45, 7) is 4.76. The summed E-state index contributed by atoms with van der Waals surface area (Å²) in [4.78, 5) is 12.5. The van der Waals surface area contributed by atoms with E-state index in [-0.39, 0.29) is 17.5 Å². The van der Waals surface area contributed by atoms with Gasteiger partial charge in [0.05, 0.1) is 30.1 Å². The van der Waals surface area contributed by atoms with Crippen molar-refractivity contribution >= 4 is 44.8 Å². The molecule has 0 radical (unpaired) electrons. The molecule has 0 aliphatic rings. The number of sulfonamides is 1. The zero-order chi connectivity index (χ0) is 24.9. The molecule has 1 amide bonds. The molecule has 0 aliphatic carbocycles. The van der Waals surface area contributed by atoms with Gasteiger partial charge < -0.3 is 10.1 Å². The van der Waals surface area contributed by atoms with Crippen LogP contribution in [-0.2, 0) is 16.6 Å². The van der Waals surface area contributed by atoms with Crippen LogP contribution in [0.2, 0.25) is 10.0 Å². The molecular formula is C25H26Cl2N2O4S. The van der Waals surface area contributed by atoms with E-state index in [1.807, 2.05) is 32.0 Å². The molecule has 6 nitrogen and oxygen atoms in total. The van der Waals surface area contributed by atoms with Crippen molar-refractivity contribution in [3.8, 4) is 5.75 Å². The van der Waals surface area contributed by atoms with Crippen molar-refractivity contribution < 1.29 is 17.9 Å². The van der Waals surface area contributed by atoms with Gasteiger partial charge in [-0.2, -0.15) is 0 Å². The number of benzene rings is 3. The standard InChI is InChI=1S/C25H26Cl2N2O4S/c1-17-4-11-24(18(2)14-17)33-13-12-28-25(30)20-7-5-19(6-8-20)16-29(34(3,31)32)23-10-9-21(26)15-22(23)27/h4-11,14-15H,12-13,16H2,1-3H3,(H,28,30). The topological polar surface area (TPSA) is 75.7 Å². The second-order valence-corrected chi connectivity index (χ2v) is 10.7. The molecule has 0 saturated carbocycles. The zero-order valence-electron chi connectivity index (χ0n) is 19.1. The van der Waals surface area contributed by atoms with Gasteiger partial charge in [0, 0.05) is 10.6 Å². The molecule has 3 aromatic rings. The molecule has 34 heavy (non-hydrogen) atoms. The van der Waals surface area contributed by atoms with E-state index in [2.05, 4.69) is 5.32 Å². The second kappa shape index (κ2) is 11.1. The summed E-state index contributed by atoms with van der Waals surface area (Å²) in [7, 11) is -3.61. The van der Waals surface area contributed by atoms with Crippen molar-refractivity contribution in [3.05, 3.63) is 93.0 Å². The summed E-state index contributed by atoms with van der Waals surface area (Å²) in [6, 6.07) is 17.3. The Morgan fingerprint density at radius 2 is 1.71 bits per heavy atom. The Bertz CT molecular complexity index is 1280. The van der Waals surface area contributed by atoms with Gasteiger partial charge in [-0.3, -0.25) is 9.10 Å². The van der Waals surface area contributed by atoms with Crippen LogP contribution in [-0.4, -0.2) is 33.7 Å². The summed E-state index contributed by atoms with van der Waals surface area (Å²) in [5.74, 6) is 0.553. The van der Waals surface area contributed by atoms with Crippen LogP contribution in [0, 0.1) is 13.8 Å². The number of ether oxygens (including phenoxy) is 1. The van der Waals surface area contributed by atoms with Gasteiger partial charge in [0.15, 0.2) is 0 Å². The van der Waals surface area contributed by atoms with Crippen LogP contribution in [0.15, 0.2) is 60.7 Å². The van der Waals surface area contributed by atoms with Gasteiger partial charge in [0.2, 0.25) is 10.0 Å². The largest absolute Gasteiger partial charge is 0.491 e.